The van der Waals surface area contributed by atoms with Crippen LogP contribution in [0.1, 0.15) is 29.6 Å². The molecular weight excluding hydrogens is 278 g/mol. The van der Waals surface area contributed by atoms with Crippen LogP contribution >= 0.6 is 11.6 Å². The van der Waals surface area contributed by atoms with Gasteiger partial charge in [0.25, 0.3) is 5.91 Å². The minimum Gasteiger partial charge on any atom is -0.355 e. The van der Waals surface area contributed by atoms with Crippen LogP contribution in [0.15, 0.2) is 18.2 Å². The van der Waals surface area contributed by atoms with E-state index in [4.69, 9.17) is 11.6 Å². The molecule has 0 radical (unpaired) electrons. The van der Waals surface area contributed by atoms with Crippen molar-refractivity contribution in [1.29, 1.82) is 0 Å². The molecule has 0 spiro atoms. The molecule has 6 heteroatoms. The van der Waals surface area contributed by atoms with Gasteiger partial charge in [-0.2, -0.15) is 0 Å². The SMILES string of the molecule is CNC(=O)c1cc(NC(=O)[C@H]2CCCCN2)ccc1Cl. The minimum absolute atomic E-state index is 0.0742. The summed E-state index contributed by atoms with van der Waals surface area (Å²) in [6.07, 6.45) is 2.99. The highest BCUT2D eigenvalue weighted by atomic mass is 35.5. The summed E-state index contributed by atoms with van der Waals surface area (Å²) < 4.78 is 0. The lowest BCUT2D eigenvalue weighted by Crippen LogP contribution is -2.43. The standard InChI is InChI=1S/C14H18ClN3O2/c1-16-13(19)10-8-9(5-6-11(10)15)18-14(20)12-4-2-3-7-17-12/h5-6,8,12,17H,2-4,7H2,1H3,(H,16,19)(H,18,20)/t12-/m1/s1. The number of amides is 2. The molecule has 1 fully saturated rings. The van der Waals surface area contributed by atoms with Crippen molar-refractivity contribution in [3.05, 3.63) is 28.8 Å². The van der Waals surface area contributed by atoms with Gasteiger partial charge in [-0.05, 0) is 37.6 Å². The van der Waals surface area contributed by atoms with Crippen molar-refractivity contribution < 1.29 is 9.59 Å². The maximum absolute atomic E-state index is 12.1. The van der Waals surface area contributed by atoms with Gasteiger partial charge in [0.05, 0.1) is 16.6 Å². The zero-order valence-corrected chi connectivity index (χ0v) is 12.1. The van der Waals surface area contributed by atoms with E-state index in [2.05, 4.69) is 16.0 Å². The van der Waals surface area contributed by atoms with Crippen molar-refractivity contribution in [2.75, 3.05) is 18.9 Å². The van der Waals surface area contributed by atoms with E-state index in [0.717, 1.165) is 25.8 Å². The highest BCUT2D eigenvalue weighted by molar-refractivity contribution is 6.34. The molecule has 1 aromatic carbocycles. The van der Waals surface area contributed by atoms with E-state index < -0.39 is 0 Å². The molecule has 0 aliphatic carbocycles. The molecule has 3 N–H and O–H groups in total. The summed E-state index contributed by atoms with van der Waals surface area (Å²) in [7, 11) is 1.54. The molecule has 1 saturated heterocycles. The van der Waals surface area contributed by atoms with Crippen LogP contribution in [-0.4, -0.2) is 31.4 Å². The first-order chi connectivity index (χ1) is 9.61. The molecule has 5 nitrogen and oxygen atoms in total. The van der Waals surface area contributed by atoms with Gasteiger partial charge in [0.2, 0.25) is 5.91 Å². The molecule has 2 amide bonds. The number of benzene rings is 1. The Morgan fingerprint density at radius 1 is 1.35 bits per heavy atom. The fourth-order valence-corrected chi connectivity index (χ4v) is 2.42. The third-order valence-electron chi connectivity index (χ3n) is 3.33. The van der Waals surface area contributed by atoms with E-state index >= 15 is 0 Å². The van der Waals surface area contributed by atoms with Gasteiger partial charge in [-0.1, -0.05) is 18.0 Å². The predicted octanol–water partition coefficient (Wildman–Crippen LogP) is 1.78. The fourth-order valence-electron chi connectivity index (χ4n) is 2.22. The Kier molecular flexibility index (Phi) is 4.98. The summed E-state index contributed by atoms with van der Waals surface area (Å²) in [5.74, 6) is -0.350. The van der Waals surface area contributed by atoms with Crippen LogP contribution in [0.25, 0.3) is 0 Å². The van der Waals surface area contributed by atoms with Gasteiger partial charge < -0.3 is 16.0 Å². The molecule has 108 valence electrons. The van der Waals surface area contributed by atoms with Crippen molar-refractivity contribution in [3.8, 4) is 0 Å². The van der Waals surface area contributed by atoms with Crippen LogP contribution in [0.4, 0.5) is 5.69 Å². The van der Waals surface area contributed by atoms with Crippen LogP contribution < -0.4 is 16.0 Å². The monoisotopic (exact) mass is 295 g/mol. The third-order valence-corrected chi connectivity index (χ3v) is 3.66. The van der Waals surface area contributed by atoms with Crippen molar-refractivity contribution >= 4 is 29.1 Å². The zero-order chi connectivity index (χ0) is 14.5. The summed E-state index contributed by atoms with van der Waals surface area (Å²) in [5, 5.41) is 8.88. The largest absolute Gasteiger partial charge is 0.355 e. The quantitative estimate of drug-likeness (QED) is 0.796. The molecule has 20 heavy (non-hydrogen) atoms. The van der Waals surface area contributed by atoms with Gasteiger partial charge in [-0.15, -0.1) is 0 Å². The summed E-state index contributed by atoms with van der Waals surface area (Å²) in [6.45, 7) is 0.863. The Morgan fingerprint density at radius 3 is 2.80 bits per heavy atom. The number of carbonyl (C=O) groups excluding carboxylic acids is 2. The molecule has 0 unspecified atom stereocenters. The van der Waals surface area contributed by atoms with Crippen molar-refractivity contribution in [2.45, 2.75) is 25.3 Å². The first-order valence-corrected chi connectivity index (χ1v) is 7.05. The smallest absolute Gasteiger partial charge is 0.252 e. The van der Waals surface area contributed by atoms with Gasteiger partial charge in [-0.3, -0.25) is 9.59 Å². The van der Waals surface area contributed by atoms with E-state index in [0.29, 0.717) is 16.3 Å². The molecule has 1 atom stereocenters. The normalized spacial score (nSPS) is 18.4. The number of piperidine rings is 1. The molecule has 2 rings (SSSR count). The molecule has 0 saturated carbocycles. The van der Waals surface area contributed by atoms with Crippen LogP contribution in [-0.2, 0) is 4.79 Å². The fraction of sp³-hybridized carbons (Fsp3) is 0.429. The predicted molar refractivity (Wildman–Crippen MR) is 79.1 cm³/mol. The number of hydrogen-bond acceptors (Lipinski definition) is 3. The number of rotatable bonds is 3. The first-order valence-electron chi connectivity index (χ1n) is 6.67. The second-order valence-electron chi connectivity index (χ2n) is 4.77. The summed E-state index contributed by atoms with van der Waals surface area (Å²) in [6, 6.07) is 4.72. The minimum atomic E-state index is -0.276. The molecular formula is C14H18ClN3O2. The summed E-state index contributed by atoms with van der Waals surface area (Å²) in [5.41, 5.74) is 0.925. The van der Waals surface area contributed by atoms with E-state index in [1.165, 1.54) is 7.05 Å². The topological polar surface area (TPSA) is 70.2 Å². The van der Waals surface area contributed by atoms with E-state index in [9.17, 15) is 9.59 Å². The van der Waals surface area contributed by atoms with Gasteiger partial charge >= 0.3 is 0 Å². The Balaban J connectivity index is 2.09. The first kappa shape index (κ1) is 14.8. The maximum Gasteiger partial charge on any atom is 0.252 e. The molecule has 1 aromatic rings. The Hall–Kier alpha value is -1.59. The summed E-state index contributed by atoms with van der Waals surface area (Å²) >= 11 is 5.97. The van der Waals surface area contributed by atoms with Crippen molar-refractivity contribution in [1.82, 2.24) is 10.6 Å². The number of carbonyl (C=O) groups is 2. The second-order valence-corrected chi connectivity index (χ2v) is 5.17. The van der Waals surface area contributed by atoms with Crippen LogP contribution in [0.3, 0.4) is 0 Å². The van der Waals surface area contributed by atoms with Gasteiger partial charge in [0.15, 0.2) is 0 Å². The highest BCUT2D eigenvalue weighted by Crippen LogP contribution is 2.21. The Labute approximate surface area is 123 Å². The number of anilines is 1. The van der Waals surface area contributed by atoms with E-state index in [1.807, 2.05) is 0 Å². The Morgan fingerprint density at radius 2 is 2.15 bits per heavy atom. The van der Waals surface area contributed by atoms with Gasteiger partial charge in [0.1, 0.15) is 0 Å². The Bertz CT molecular complexity index is 513. The van der Waals surface area contributed by atoms with Gasteiger partial charge in [-0.25, -0.2) is 0 Å². The van der Waals surface area contributed by atoms with Crippen LogP contribution in [0.5, 0.6) is 0 Å². The summed E-state index contributed by atoms with van der Waals surface area (Å²) in [4.78, 5) is 23.7. The van der Waals surface area contributed by atoms with Gasteiger partial charge in [0, 0.05) is 12.7 Å². The molecule has 0 bridgehead atoms. The lowest BCUT2D eigenvalue weighted by atomic mass is 10.0. The third kappa shape index (κ3) is 3.49. The zero-order valence-electron chi connectivity index (χ0n) is 11.3. The van der Waals surface area contributed by atoms with Crippen molar-refractivity contribution in [3.63, 3.8) is 0 Å². The molecule has 1 heterocycles. The number of nitrogens with one attached hydrogen (secondary N) is 3. The lowest BCUT2D eigenvalue weighted by Gasteiger charge is -2.22. The maximum atomic E-state index is 12.1. The second kappa shape index (κ2) is 6.72. The molecule has 0 aromatic heterocycles. The average Bonchev–Trinajstić information content (AvgIpc) is 2.49. The lowest BCUT2D eigenvalue weighted by molar-refractivity contribution is -0.118. The van der Waals surface area contributed by atoms with E-state index in [-0.39, 0.29) is 17.9 Å². The van der Waals surface area contributed by atoms with Crippen molar-refractivity contribution in [2.24, 2.45) is 0 Å². The van der Waals surface area contributed by atoms with Crippen LogP contribution in [0, 0.1) is 0 Å². The molecule has 1 aliphatic rings. The molecule has 1 aliphatic heterocycles. The van der Waals surface area contributed by atoms with Crippen LogP contribution in [0.2, 0.25) is 5.02 Å². The number of halogens is 1. The highest BCUT2D eigenvalue weighted by Gasteiger charge is 2.20. The van der Waals surface area contributed by atoms with E-state index in [1.54, 1.807) is 18.2 Å². The average molecular weight is 296 g/mol. The number of hydrogen-bond donors (Lipinski definition) is 3.